The van der Waals surface area contributed by atoms with Gasteiger partial charge < -0.3 is 0 Å². The highest BCUT2D eigenvalue weighted by Crippen LogP contribution is 2.20. The summed E-state index contributed by atoms with van der Waals surface area (Å²) in [6.07, 6.45) is 6.29. The average molecular weight is 233 g/mol. The standard InChI is InChI=1S/C13H9ClS/c1-2-13-11(7-8-15-13)9-10-3-5-12(14)6-4-10/h1,3-8H,9H2. The molecular weight excluding hydrogens is 224 g/mol. The number of thiophene rings is 1. The molecule has 0 aliphatic heterocycles. The van der Waals surface area contributed by atoms with Gasteiger partial charge in [0.25, 0.3) is 0 Å². The zero-order valence-electron chi connectivity index (χ0n) is 8.03. The van der Waals surface area contributed by atoms with Crippen molar-refractivity contribution in [3.63, 3.8) is 0 Å². The van der Waals surface area contributed by atoms with E-state index in [1.54, 1.807) is 11.3 Å². The van der Waals surface area contributed by atoms with E-state index in [4.69, 9.17) is 18.0 Å². The molecule has 15 heavy (non-hydrogen) atoms. The molecule has 0 nitrogen and oxygen atoms in total. The van der Waals surface area contributed by atoms with Crippen molar-refractivity contribution in [3.8, 4) is 12.3 Å². The molecule has 2 rings (SSSR count). The molecule has 2 aromatic rings. The van der Waals surface area contributed by atoms with Crippen LogP contribution >= 0.6 is 22.9 Å². The van der Waals surface area contributed by atoms with E-state index in [1.165, 1.54) is 11.1 Å². The largest absolute Gasteiger partial charge is 0.135 e. The molecule has 0 saturated heterocycles. The Hall–Kier alpha value is -1.23. The number of hydrogen-bond donors (Lipinski definition) is 0. The highest BCUT2D eigenvalue weighted by molar-refractivity contribution is 7.10. The summed E-state index contributed by atoms with van der Waals surface area (Å²) >= 11 is 7.43. The fraction of sp³-hybridized carbons (Fsp3) is 0.0769. The lowest BCUT2D eigenvalue weighted by Gasteiger charge is -2.00. The van der Waals surface area contributed by atoms with Gasteiger partial charge >= 0.3 is 0 Å². The first-order valence-corrected chi connectivity index (χ1v) is 5.83. The first-order chi connectivity index (χ1) is 7.29. The van der Waals surface area contributed by atoms with Crippen molar-refractivity contribution in [3.05, 3.63) is 56.7 Å². The molecule has 1 aromatic heterocycles. The Morgan fingerprint density at radius 2 is 1.93 bits per heavy atom. The van der Waals surface area contributed by atoms with E-state index >= 15 is 0 Å². The monoisotopic (exact) mass is 232 g/mol. The number of benzene rings is 1. The lowest BCUT2D eigenvalue weighted by Crippen LogP contribution is -1.87. The highest BCUT2D eigenvalue weighted by atomic mass is 35.5. The lowest BCUT2D eigenvalue weighted by molar-refractivity contribution is 1.20. The van der Waals surface area contributed by atoms with Crippen LogP contribution in [0.1, 0.15) is 16.0 Å². The Balaban J connectivity index is 2.23. The summed E-state index contributed by atoms with van der Waals surface area (Å²) in [5, 5.41) is 2.79. The average Bonchev–Trinajstić information content (AvgIpc) is 2.69. The van der Waals surface area contributed by atoms with Crippen LogP contribution in [-0.4, -0.2) is 0 Å². The normalized spacial score (nSPS) is 9.87. The first kappa shape index (κ1) is 10.3. The molecule has 0 fully saturated rings. The van der Waals surface area contributed by atoms with Crippen LogP contribution in [0, 0.1) is 12.3 Å². The van der Waals surface area contributed by atoms with Gasteiger partial charge in [0.15, 0.2) is 0 Å². The second-order valence-electron chi connectivity index (χ2n) is 3.22. The van der Waals surface area contributed by atoms with Crippen molar-refractivity contribution >= 4 is 22.9 Å². The van der Waals surface area contributed by atoms with Gasteiger partial charge in [-0.2, -0.15) is 0 Å². The second-order valence-corrected chi connectivity index (χ2v) is 4.58. The van der Waals surface area contributed by atoms with Crippen LogP contribution < -0.4 is 0 Å². The van der Waals surface area contributed by atoms with Crippen molar-refractivity contribution < 1.29 is 0 Å². The predicted molar refractivity (Wildman–Crippen MR) is 66.5 cm³/mol. The van der Waals surface area contributed by atoms with Gasteiger partial charge in [0.1, 0.15) is 0 Å². The summed E-state index contributed by atoms with van der Waals surface area (Å²) in [5.41, 5.74) is 2.44. The van der Waals surface area contributed by atoms with Crippen LogP contribution in [0.25, 0.3) is 0 Å². The van der Waals surface area contributed by atoms with Crippen molar-refractivity contribution in [2.45, 2.75) is 6.42 Å². The zero-order valence-corrected chi connectivity index (χ0v) is 9.61. The quantitative estimate of drug-likeness (QED) is 0.688. The van der Waals surface area contributed by atoms with Crippen LogP contribution in [0.4, 0.5) is 0 Å². The van der Waals surface area contributed by atoms with E-state index in [2.05, 4.69) is 12.0 Å². The third kappa shape index (κ3) is 2.41. The molecule has 0 aliphatic rings. The molecule has 0 saturated carbocycles. The van der Waals surface area contributed by atoms with Gasteiger partial charge in [-0.15, -0.1) is 17.8 Å². The van der Waals surface area contributed by atoms with Crippen LogP contribution in [0.2, 0.25) is 5.02 Å². The van der Waals surface area contributed by atoms with Gasteiger partial charge in [-0.25, -0.2) is 0 Å². The topological polar surface area (TPSA) is 0 Å². The Bertz CT molecular complexity index is 488. The molecule has 0 spiro atoms. The Labute approximate surface area is 98.5 Å². The molecule has 0 radical (unpaired) electrons. The summed E-state index contributed by atoms with van der Waals surface area (Å²) in [6.45, 7) is 0. The van der Waals surface area contributed by atoms with Crippen molar-refractivity contribution in [1.29, 1.82) is 0 Å². The molecule has 1 aromatic carbocycles. The number of rotatable bonds is 2. The van der Waals surface area contributed by atoms with E-state index < -0.39 is 0 Å². The van der Waals surface area contributed by atoms with Gasteiger partial charge in [0.05, 0.1) is 4.88 Å². The Morgan fingerprint density at radius 3 is 2.60 bits per heavy atom. The fourth-order valence-electron chi connectivity index (χ4n) is 1.42. The lowest BCUT2D eigenvalue weighted by atomic mass is 10.1. The van der Waals surface area contributed by atoms with Gasteiger partial charge in [-0.3, -0.25) is 0 Å². The van der Waals surface area contributed by atoms with Gasteiger partial charge in [-0.05, 0) is 41.1 Å². The maximum Gasteiger partial charge on any atom is 0.0801 e. The smallest absolute Gasteiger partial charge is 0.0801 e. The van der Waals surface area contributed by atoms with Crippen molar-refractivity contribution in [2.75, 3.05) is 0 Å². The molecule has 74 valence electrons. The molecule has 0 N–H and O–H groups in total. The SMILES string of the molecule is C#Cc1sccc1Cc1ccc(Cl)cc1. The maximum atomic E-state index is 5.82. The van der Waals surface area contributed by atoms with Gasteiger partial charge in [0.2, 0.25) is 0 Å². The Morgan fingerprint density at radius 1 is 1.20 bits per heavy atom. The second kappa shape index (κ2) is 4.53. The van der Waals surface area contributed by atoms with Crippen LogP contribution in [0.15, 0.2) is 35.7 Å². The summed E-state index contributed by atoms with van der Waals surface area (Å²) < 4.78 is 0. The van der Waals surface area contributed by atoms with Crippen LogP contribution in [-0.2, 0) is 6.42 Å². The fourth-order valence-corrected chi connectivity index (χ4v) is 2.28. The molecule has 1 heterocycles. The summed E-state index contributed by atoms with van der Waals surface area (Å²) in [7, 11) is 0. The Kier molecular flexibility index (Phi) is 3.11. The third-order valence-electron chi connectivity index (χ3n) is 2.19. The number of terminal acetylenes is 1. The first-order valence-electron chi connectivity index (χ1n) is 4.57. The number of hydrogen-bond acceptors (Lipinski definition) is 1. The zero-order chi connectivity index (χ0) is 10.7. The minimum Gasteiger partial charge on any atom is -0.135 e. The van der Waals surface area contributed by atoms with Crippen LogP contribution in [0.3, 0.4) is 0 Å². The van der Waals surface area contributed by atoms with Crippen LogP contribution in [0.5, 0.6) is 0 Å². The van der Waals surface area contributed by atoms with E-state index in [0.29, 0.717) is 0 Å². The highest BCUT2D eigenvalue weighted by Gasteiger charge is 2.02. The summed E-state index contributed by atoms with van der Waals surface area (Å²) in [4.78, 5) is 1.02. The summed E-state index contributed by atoms with van der Waals surface area (Å²) in [6, 6.07) is 9.94. The van der Waals surface area contributed by atoms with E-state index in [-0.39, 0.29) is 0 Å². The molecular formula is C13H9ClS. The molecule has 0 amide bonds. The molecule has 0 bridgehead atoms. The number of halogens is 1. The van der Waals surface area contributed by atoms with E-state index in [9.17, 15) is 0 Å². The molecule has 0 aliphatic carbocycles. The van der Waals surface area contributed by atoms with E-state index in [0.717, 1.165) is 16.3 Å². The predicted octanol–water partition coefficient (Wildman–Crippen LogP) is 3.97. The van der Waals surface area contributed by atoms with Gasteiger partial charge in [-0.1, -0.05) is 29.7 Å². The summed E-state index contributed by atoms with van der Waals surface area (Å²) in [5.74, 6) is 2.70. The van der Waals surface area contributed by atoms with Crippen molar-refractivity contribution in [2.24, 2.45) is 0 Å². The van der Waals surface area contributed by atoms with Gasteiger partial charge in [0, 0.05) is 5.02 Å². The third-order valence-corrected chi connectivity index (χ3v) is 3.33. The maximum absolute atomic E-state index is 5.82. The molecule has 2 heteroatoms. The molecule has 0 unspecified atom stereocenters. The molecule has 0 atom stereocenters. The minimum atomic E-state index is 0.765. The minimum absolute atomic E-state index is 0.765. The van der Waals surface area contributed by atoms with Crippen molar-refractivity contribution in [1.82, 2.24) is 0 Å². The van der Waals surface area contributed by atoms with E-state index in [1.807, 2.05) is 29.6 Å².